The lowest BCUT2D eigenvalue weighted by atomic mass is 9.99. The summed E-state index contributed by atoms with van der Waals surface area (Å²) in [5, 5.41) is 15.8. The van der Waals surface area contributed by atoms with Crippen LogP contribution in [-0.4, -0.2) is 42.0 Å². The number of carboxylic acids is 1. The first-order valence-electron chi connectivity index (χ1n) is 13.2. The van der Waals surface area contributed by atoms with Crippen LogP contribution in [0, 0.1) is 0 Å². The van der Waals surface area contributed by atoms with Crippen LogP contribution in [0.2, 0.25) is 0 Å². The first-order chi connectivity index (χ1) is 19.4. The fourth-order valence-corrected chi connectivity index (χ4v) is 4.40. The van der Waals surface area contributed by atoms with E-state index in [1.807, 2.05) is 72.8 Å². The maximum absolute atomic E-state index is 12.7. The molecule has 0 spiro atoms. The second-order valence-corrected chi connectivity index (χ2v) is 9.29. The van der Waals surface area contributed by atoms with Crippen LogP contribution in [-0.2, 0) is 22.5 Å². The molecule has 7 nitrogen and oxygen atoms in total. The Morgan fingerprint density at radius 2 is 1.52 bits per heavy atom. The molecule has 7 heteroatoms. The van der Waals surface area contributed by atoms with Crippen molar-refractivity contribution in [3.8, 4) is 11.1 Å². The molecule has 0 fully saturated rings. The van der Waals surface area contributed by atoms with Crippen molar-refractivity contribution < 1.29 is 24.2 Å². The molecule has 0 saturated carbocycles. The highest BCUT2D eigenvalue weighted by Gasteiger charge is 2.22. The summed E-state index contributed by atoms with van der Waals surface area (Å²) in [5.74, 6) is -1.47. The maximum atomic E-state index is 12.7. The summed E-state index contributed by atoms with van der Waals surface area (Å²) < 4.78 is 5.25. The molecule has 0 aliphatic rings. The summed E-state index contributed by atoms with van der Waals surface area (Å²) >= 11 is 0. The fourth-order valence-electron chi connectivity index (χ4n) is 4.40. The van der Waals surface area contributed by atoms with Crippen molar-refractivity contribution in [2.75, 3.05) is 18.5 Å². The second-order valence-electron chi connectivity index (χ2n) is 9.29. The van der Waals surface area contributed by atoms with Crippen LogP contribution in [0.3, 0.4) is 0 Å². The third-order valence-electron chi connectivity index (χ3n) is 6.42. The van der Waals surface area contributed by atoms with E-state index < -0.39 is 18.0 Å². The zero-order valence-electron chi connectivity index (χ0n) is 22.3. The van der Waals surface area contributed by atoms with Crippen molar-refractivity contribution in [1.29, 1.82) is 0 Å². The van der Waals surface area contributed by atoms with Crippen LogP contribution in [0.25, 0.3) is 11.1 Å². The van der Waals surface area contributed by atoms with Gasteiger partial charge in [-0.3, -0.25) is 4.79 Å². The number of esters is 1. The van der Waals surface area contributed by atoms with Gasteiger partial charge in [0.05, 0.1) is 18.7 Å². The Hall–Kier alpha value is -4.75. The lowest BCUT2D eigenvalue weighted by Gasteiger charge is -2.20. The van der Waals surface area contributed by atoms with Crippen molar-refractivity contribution >= 4 is 23.4 Å². The molecule has 0 heterocycles. The number of hydrogen-bond acceptors (Lipinski definition) is 6. The number of benzene rings is 4. The van der Waals surface area contributed by atoms with Crippen LogP contribution in [0.4, 0.5) is 5.69 Å². The van der Waals surface area contributed by atoms with Crippen LogP contribution < -0.4 is 10.6 Å². The van der Waals surface area contributed by atoms with Crippen molar-refractivity contribution in [1.82, 2.24) is 5.32 Å². The van der Waals surface area contributed by atoms with Crippen LogP contribution in [0.5, 0.6) is 0 Å². The van der Waals surface area contributed by atoms with Gasteiger partial charge in [0.25, 0.3) is 0 Å². The molecule has 0 bridgehead atoms. The number of ether oxygens (including phenoxy) is 1. The molecule has 3 N–H and O–H groups in total. The Labute approximate surface area is 233 Å². The predicted molar refractivity (Wildman–Crippen MR) is 156 cm³/mol. The Balaban J connectivity index is 1.41. The lowest BCUT2D eigenvalue weighted by Crippen LogP contribution is -2.34. The van der Waals surface area contributed by atoms with Gasteiger partial charge < -0.3 is 20.5 Å². The lowest BCUT2D eigenvalue weighted by molar-refractivity contribution is -0.144. The molecule has 1 atom stereocenters. The quantitative estimate of drug-likeness (QED) is 0.151. The Morgan fingerprint density at radius 1 is 0.800 bits per heavy atom. The highest BCUT2D eigenvalue weighted by Crippen LogP contribution is 2.23. The summed E-state index contributed by atoms with van der Waals surface area (Å²) in [6.45, 7) is 2.78. The molecule has 0 amide bonds. The average Bonchev–Trinajstić information content (AvgIpc) is 2.98. The molecular formula is C33H32N2O5. The number of hydrogen-bond donors (Lipinski definition) is 3. The smallest absolute Gasteiger partial charge is 0.337 e. The minimum absolute atomic E-state index is 0.0504. The van der Waals surface area contributed by atoms with Gasteiger partial charge in [-0.1, -0.05) is 84.9 Å². The number of rotatable bonds is 13. The summed E-state index contributed by atoms with van der Waals surface area (Å²) in [6.07, 6.45) is 0.326. The van der Waals surface area contributed by atoms with Gasteiger partial charge >= 0.3 is 11.9 Å². The fraction of sp³-hybridized carbons (Fsp3) is 0.182. The van der Waals surface area contributed by atoms with Gasteiger partial charge in [0.15, 0.2) is 5.78 Å². The predicted octanol–water partition coefficient (Wildman–Crippen LogP) is 5.61. The van der Waals surface area contributed by atoms with E-state index in [2.05, 4.69) is 16.7 Å². The van der Waals surface area contributed by atoms with E-state index in [1.54, 1.807) is 25.1 Å². The van der Waals surface area contributed by atoms with Gasteiger partial charge in [0, 0.05) is 24.2 Å². The summed E-state index contributed by atoms with van der Waals surface area (Å²) in [7, 11) is 0. The molecule has 0 radical (unpaired) electrons. The molecule has 0 saturated heterocycles. The number of Topliss-reactive ketones (excluding diaryl/α,β-unsaturated/α-hetero) is 1. The van der Waals surface area contributed by atoms with Gasteiger partial charge in [-0.15, -0.1) is 0 Å². The average molecular weight is 537 g/mol. The van der Waals surface area contributed by atoms with Gasteiger partial charge in [-0.25, -0.2) is 9.59 Å². The number of carbonyl (C=O) groups excluding carboxylic acids is 2. The normalized spacial score (nSPS) is 11.4. The summed E-state index contributed by atoms with van der Waals surface area (Å²) in [4.78, 5) is 36.7. The van der Waals surface area contributed by atoms with E-state index >= 15 is 0 Å². The first kappa shape index (κ1) is 28.3. The van der Waals surface area contributed by atoms with Crippen LogP contribution in [0.1, 0.15) is 38.8 Å². The topological polar surface area (TPSA) is 105 Å². The summed E-state index contributed by atoms with van der Waals surface area (Å²) in [5.41, 5.74) is 5.16. The standard InChI is InChI=1S/C33H32N2O5/c1-2-40-33(39)30(35-29-14-7-6-13-28(29)32(37)38)20-23-15-17-25(18-16-23)27-12-8-9-24(19-27)21-34-22-31(36)26-10-4-3-5-11-26/h3-19,30,34-35H,2,20-22H2,1H3,(H,37,38). The Bertz CT molecular complexity index is 1450. The van der Waals surface area contributed by atoms with Crippen molar-refractivity contribution in [2.45, 2.75) is 25.9 Å². The largest absolute Gasteiger partial charge is 0.478 e. The van der Waals surface area contributed by atoms with Gasteiger partial charge in [-0.2, -0.15) is 0 Å². The minimum atomic E-state index is -1.07. The molecule has 1 unspecified atom stereocenters. The van der Waals surface area contributed by atoms with Crippen molar-refractivity contribution in [3.05, 3.63) is 125 Å². The molecule has 40 heavy (non-hydrogen) atoms. The van der Waals surface area contributed by atoms with Crippen molar-refractivity contribution in [2.24, 2.45) is 0 Å². The molecule has 0 aliphatic heterocycles. The Kier molecular flexibility index (Phi) is 9.80. The van der Waals surface area contributed by atoms with E-state index in [9.17, 15) is 19.5 Å². The van der Waals surface area contributed by atoms with E-state index in [0.29, 0.717) is 24.2 Å². The number of anilines is 1. The maximum Gasteiger partial charge on any atom is 0.337 e. The zero-order chi connectivity index (χ0) is 28.3. The van der Waals surface area contributed by atoms with E-state index in [0.717, 1.165) is 22.3 Å². The number of nitrogens with one attached hydrogen (secondary N) is 2. The number of para-hydroxylation sites is 1. The highest BCUT2D eigenvalue weighted by atomic mass is 16.5. The minimum Gasteiger partial charge on any atom is -0.478 e. The monoisotopic (exact) mass is 536 g/mol. The van der Waals surface area contributed by atoms with E-state index in [1.165, 1.54) is 6.07 Å². The SMILES string of the molecule is CCOC(=O)C(Cc1ccc(-c2cccc(CNCC(=O)c3ccccc3)c2)cc1)Nc1ccccc1C(=O)O. The molecule has 4 rings (SSSR count). The number of ketones is 1. The molecule has 4 aromatic carbocycles. The molecular weight excluding hydrogens is 504 g/mol. The third-order valence-corrected chi connectivity index (χ3v) is 6.42. The first-order valence-corrected chi connectivity index (χ1v) is 13.2. The number of carbonyl (C=O) groups is 3. The van der Waals surface area contributed by atoms with Gasteiger partial charge in [0.2, 0.25) is 0 Å². The van der Waals surface area contributed by atoms with E-state index in [4.69, 9.17) is 4.74 Å². The second kappa shape index (κ2) is 13.9. The molecule has 4 aromatic rings. The van der Waals surface area contributed by atoms with Crippen LogP contribution >= 0.6 is 0 Å². The third kappa shape index (κ3) is 7.65. The molecule has 0 aliphatic carbocycles. The van der Waals surface area contributed by atoms with Crippen molar-refractivity contribution in [3.63, 3.8) is 0 Å². The Morgan fingerprint density at radius 3 is 2.25 bits per heavy atom. The van der Waals surface area contributed by atoms with E-state index in [-0.39, 0.29) is 24.5 Å². The van der Waals surface area contributed by atoms with Gasteiger partial charge in [-0.05, 0) is 47.4 Å². The number of aromatic carboxylic acids is 1. The molecule has 0 aromatic heterocycles. The molecule has 204 valence electrons. The zero-order valence-corrected chi connectivity index (χ0v) is 22.3. The van der Waals surface area contributed by atoms with Gasteiger partial charge in [0.1, 0.15) is 6.04 Å². The summed E-state index contributed by atoms with van der Waals surface area (Å²) in [6, 6.07) is 31.0. The van der Waals surface area contributed by atoms with Crippen LogP contribution in [0.15, 0.2) is 103 Å². The number of carboxylic acid groups (broad SMARTS) is 1. The highest BCUT2D eigenvalue weighted by molar-refractivity contribution is 5.97.